The molecule has 2 N–H and O–H groups in total. The Labute approximate surface area is 122 Å². The highest BCUT2D eigenvalue weighted by Gasteiger charge is 2.31. The molecule has 0 unspecified atom stereocenters. The van der Waals surface area contributed by atoms with E-state index in [4.69, 9.17) is 5.11 Å². The number of aliphatic hydroxyl groups is 2. The molecule has 2 atom stereocenters. The predicted molar refractivity (Wildman–Crippen MR) is 77.0 cm³/mol. The van der Waals surface area contributed by atoms with Crippen molar-refractivity contribution in [3.63, 3.8) is 0 Å². The van der Waals surface area contributed by atoms with Gasteiger partial charge in [0.25, 0.3) is 5.91 Å². The van der Waals surface area contributed by atoms with Crippen molar-refractivity contribution in [1.82, 2.24) is 14.5 Å². The number of carbonyl (C=O) groups is 1. The lowest BCUT2D eigenvalue weighted by molar-refractivity contribution is 0.000947. The Morgan fingerprint density at radius 2 is 2.29 bits per heavy atom. The van der Waals surface area contributed by atoms with Gasteiger partial charge >= 0.3 is 0 Å². The lowest BCUT2D eigenvalue weighted by Crippen LogP contribution is -2.47. The van der Waals surface area contributed by atoms with Crippen LogP contribution in [0.1, 0.15) is 22.3 Å². The van der Waals surface area contributed by atoms with E-state index in [0.717, 1.165) is 11.1 Å². The van der Waals surface area contributed by atoms with Crippen LogP contribution in [-0.2, 0) is 0 Å². The van der Waals surface area contributed by atoms with Crippen LogP contribution in [0, 0.1) is 12.8 Å². The fourth-order valence-corrected chi connectivity index (χ4v) is 2.80. The van der Waals surface area contributed by atoms with Gasteiger partial charge < -0.3 is 15.1 Å². The quantitative estimate of drug-likeness (QED) is 0.842. The lowest BCUT2D eigenvalue weighted by atomic mass is 9.94. The van der Waals surface area contributed by atoms with Crippen LogP contribution in [0.5, 0.6) is 0 Å². The van der Waals surface area contributed by atoms with Gasteiger partial charge in [0.2, 0.25) is 0 Å². The summed E-state index contributed by atoms with van der Waals surface area (Å²) in [5.41, 5.74) is 2.39. The molecule has 3 rings (SSSR count). The van der Waals surface area contributed by atoms with E-state index >= 15 is 0 Å². The SMILES string of the molecule is Cc1ccc2c(C(=O)N3CC[C@H](CO)[C@H](O)C3)cnn2c1. The van der Waals surface area contributed by atoms with Crippen LogP contribution in [-0.4, -0.2) is 56.4 Å². The van der Waals surface area contributed by atoms with E-state index in [1.807, 2.05) is 25.3 Å². The zero-order valence-corrected chi connectivity index (χ0v) is 11.9. The van der Waals surface area contributed by atoms with Crippen molar-refractivity contribution in [2.24, 2.45) is 5.92 Å². The molecule has 0 aliphatic carbocycles. The number of aryl methyl sites for hydroxylation is 1. The summed E-state index contributed by atoms with van der Waals surface area (Å²) in [6.45, 7) is 2.73. The van der Waals surface area contributed by atoms with Crippen LogP contribution in [0.4, 0.5) is 0 Å². The number of pyridine rings is 1. The summed E-state index contributed by atoms with van der Waals surface area (Å²) in [5.74, 6) is -0.259. The van der Waals surface area contributed by atoms with Gasteiger partial charge in [0.1, 0.15) is 0 Å². The maximum atomic E-state index is 12.6. The molecule has 0 aromatic carbocycles. The molecule has 0 bridgehead atoms. The minimum absolute atomic E-state index is 0.0425. The molecule has 1 aliphatic heterocycles. The number of likely N-dealkylation sites (tertiary alicyclic amines) is 1. The van der Waals surface area contributed by atoms with Gasteiger partial charge in [-0.05, 0) is 25.0 Å². The minimum atomic E-state index is -0.670. The first-order valence-electron chi connectivity index (χ1n) is 7.12. The molecule has 2 aromatic heterocycles. The van der Waals surface area contributed by atoms with Gasteiger partial charge in [-0.2, -0.15) is 5.10 Å². The van der Waals surface area contributed by atoms with Crippen molar-refractivity contribution in [3.8, 4) is 0 Å². The number of fused-ring (bicyclic) bond motifs is 1. The Morgan fingerprint density at radius 1 is 1.48 bits per heavy atom. The van der Waals surface area contributed by atoms with Gasteiger partial charge in [-0.15, -0.1) is 0 Å². The van der Waals surface area contributed by atoms with Crippen LogP contribution in [0.2, 0.25) is 0 Å². The second-order valence-electron chi connectivity index (χ2n) is 5.64. The number of carbonyl (C=O) groups excluding carboxylic acids is 1. The molecule has 112 valence electrons. The molecule has 1 amide bonds. The molecule has 3 heterocycles. The summed E-state index contributed by atoms with van der Waals surface area (Å²) in [6.07, 6.45) is 3.39. The Kier molecular flexibility index (Phi) is 3.65. The van der Waals surface area contributed by atoms with Crippen LogP contribution < -0.4 is 0 Å². The van der Waals surface area contributed by atoms with Crippen LogP contribution in [0.3, 0.4) is 0 Å². The summed E-state index contributed by atoms with van der Waals surface area (Å²) in [5, 5.41) is 23.3. The zero-order valence-electron chi connectivity index (χ0n) is 11.9. The number of rotatable bonds is 2. The molecule has 1 fully saturated rings. The third-order valence-electron chi connectivity index (χ3n) is 4.14. The third kappa shape index (κ3) is 2.52. The average Bonchev–Trinajstić information content (AvgIpc) is 2.89. The van der Waals surface area contributed by atoms with E-state index < -0.39 is 6.10 Å². The number of amides is 1. The number of piperidine rings is 1. The van der Waals surface area contributed by atoms with Crippen molar-refractivity contribution in [2.75, 3.05) is 19.7 Å². The zero-order chi connectivity index (χ0) is 15.0. The number of aromatic nitrogens is 2. The first-order valence-corrected chi connectivity index (χ1v) is 7.12. The Balaban J connectivity index is 1.84. The van der Waals surface area contributed by atoms with Crippen molar-refractivity contribution in [3.05, 3.63) is 35.7 Å². The summed E-state index contributed by atoms with van der Waals surface area (Å²) in [7, 11) is 0. The van der Waals surface area contributed by atoms with E-state index in [2.05, 4.69) is 5.10 Å². The van der Waals surface area contributed by atoms with Gasteiger partial charge in [0.05, 0.1) is 23.4 Å². The molecule has 2 aromatic rings. The monoisotopic (exact) mass is 289 g/mol. The number of β-amino-alcohol motifs (C(OH)–C–C–N with tert-alkyl or cyclic N) is 1. The minimum Gasteiger partial charge on any atom is -0.396 e. The van der Waals surface area contributed by atoms with Crippen molar-refractivity contribution >= 4 is 11.4 Å². The van der Waals surface area contributed by atoms with Crippen LogP contribution >= 0.6 is 0 Å². The number of aliphatic hydroxyl groups excluding tert-OH is 2. The largest absolute Gasteiger partial charge is 0.396 e. The van der Waals surface area contributed by atoms with Crippen molar-refractivity contribution < 1.29 is 15.0 Å². The maximum absolute atomic E-state index is 12.6. The van der Waals surface area contributed by atoms with Gasteiger partial charge in [-0.25, -0.2) is 4.52 Å². The standard InChI is InChI=1S/C15H19N3O3/c1-10-2-3-13-12(6-16-18(13)7-10)15(21)17-5-4-11(9-19)14(20)8-17/h2-3,6-7,11,14,19-20H,4-5,8-9H2,1H3/t11-,14-/m1/s1. The van der Waals surface area contributed by atoms with E-state index in [9.17, 15) is 9.90 Å². The molecular weight excluding hydrogens is 270 g/mol. The maximum Gasteiger partial charge on any atom is 0.257 e. The van der Waals surface area contributed by atoms with E-state index in [1.54, 1.807) is 15.6 Å². The highest BCUT2D eigenvalue weighted by molar-refractivity contribution is 6.00. The summed E-state index contributed by atoms with van der Waals surface area (Å²) < 4.78 is 1.69. The van der Waals surface area contributed by atoms with Gasteiger partial charge in [0.15, 0.2) is 0 Å². The molecular formula is C15H19N3O3. The normalized spacial score (nSPS) is 22.7. The van der Waals surface area contributed by atoms with E-state index in [0.29, 0.717) is 18.5 Å². The van der Waals surface area contributed by atoms with E-state index in [1.165, 1.54) is 0 Å². The Morgan fingerprint density at radius 3 is 3.00 bits per heavy atom. The van der Waals surface area contributed by atoms with Gasteiger partial charge in [-0.1, -0.05) is 6.07 Å². The summed E-state index contributed by atoms with van der Waals surface area (Å²) in [6, 6.07) is 3.83. The molecule has 21 heavy (non-hydrogen) atoms. The topological polar surface area (TPSA) is 78.1 Å². The molecule has 6 nitrogen and oxygen atoms in total. The number of hydrogen-bond acceptors (Lipinski definition) is 4. The number of nitrogens with zero attached hydrogens (tertiary/aromatic N) is 3. The molecule has 0 spiro atoms. The predicted octanol–water partition coefficient (Wildman–Crippen LogP) is 0.458. The summed E-state index contributed by atoms with van der Waals surface area (Å²) >= 11 is 0. The van der Waals surface area contributed by atoms with Crippen LogP contribution in [0.15, 0.2) is 24.5 Å². The third-order valence-corrected chi connectivity index (χ3v) is 4.14. The summed E-state index contributed by atoms with van der Waals surface area (Å²) in [4.78, 5) is 14.2. The highest BCUT2D eigenvalue weighted by Crippen LogP contribution is 2.21. The van der Waals surface area contributed by atoms with Crippen molar-refractivity contribution in [2.45, 2.75) is 19.4 Å². The first-order chi connectivity index (χ1) is 10.1. The Bertz CT molecular complexity index is 667. The van der Waals surface area contributed by atoms with Gasteiger partial charge in [-0.3, -0.25) is 4.79 Å². The smallest absolute Gasteiger partial charge is 0.257 e. The molecule has 6 heteroatoms. The highest BCUT2D eigenvalue weighted by atomic mass is 16.3. The molecule has 1 saturated heterocycles. The van der Waals surface area contributed by atoms with Crippen molar-refractivity contribution in [1.29, 1.82) is 0 Å². The van der Waals surface area contributed by atoms with Gasteiger partial charge in [0, 0.05) is 31.8 Å². The average molecular weight is 289 g/mol. The molecule has 0 saturated carbocycles. The first kappa shape index (κ1) is 14.0. The fourth-order valence-electron chi connectivity index (χ4n) is 2.80. The second kappa shape index (κ2) is 5.46. The van der Waals surface area contributed by atoms with Crippen LogP contribution in [0.25, 0.3) is 5.52 Å². The molecule has 1 aliphatic rings. The lowest BCUT2D eigenvalue weighted by Gasteiger charge is -2.34. The fraction of sp³-hybridized carbons (Fsp3) is 0.467. The van der Waals surface area contributed by atoms with E-state index in [-0.39, 0.29) is 25.0 Å². The second-order valence-corrected chi connectivity index (χ2v) is 5.64. The Hall–Kier alpha value is -1.92. The molecule has 0 radical (unpaired) electrons. The number of hydrogen-bond donors (Lipinski definition) is 2.